The van der Waals surface area contributed by atoms with E-state index in [1.54, 1.807) is 31.2 Å². The van der Waals surface area contributed by atoms with E-state index in [1.807, 2.05) is 0 Å². The maximum absolute atomic E-state index is 12.3. The number of aliphatic hydroxyl groups is 1. The number of carboxylic acids is 1. The summed E-state index contributed by atoms with van der Waals surface area (Å²) in [6, 6.07) is 12.4. The Morgan fingerprint density at radius 3 is 2.52 bits per heavy atom. The lowest BCUT2D eigenvalue weighted by atomic mass is 10.1. The number of benzene rings is 2. The highest BCUT2D eigenvalue weighted by Crippen LogP contribution is 2.25. The third-order valence-corrected chi connectivity index (χ3v) is 3.60. The summed E-state index contributed by atoms with van der Waals surface area (Å²) in [7, 11) is 0. The number of ether oxygens (including phenoxy) is 1. The zero-order valence-corrected chi connectivity index (χ0v) is 13.4. The van der Waals surface area contributed by atoms with Crippen LogP contribution in [0.2, 0.25) is 0 Å². The van der Waals surface area contributed by atoms with Crippen molar-refractivity contribution in [1.82, 2.24) is 0 Å². The van der Waals surface area contributed by atoms with Gasteiger partial charge in [0.2, 0.25) is 0 Å². The third-order valence-electron chi connectivity index (χ3n) is 3.60. The van der Waals surface area contributed by atoms with Crippen molar-refractivity contribution < 1.29 is 24.2 Å². The summed E-state index contributed by atoms with van der Waals surface area (Å²) in [5.74, 6) is -0.125. The molecule has 2 N–H and O–H groups in total. The van der Waals surface area contributed by atoms with E-state index in [2.05, 4.69) is 0 Å². The number of carboxylic acid groups (broad SMARTS) is 1. The van der Waals surface area contributed by atoms with Gasteiger partial charge in [-0.3, -0.25) is 4.79 Å². The van der Waals surface area contributed by atoms with Crippen LogP contribution in [0.4, 0.5) is 0 Å². The summed E-state index contributed by atoms with van der Waals surface area (Å²) in [5.41, 5.74) is 0.730. The lowest BCUT2D eigenvalue weighted by Crippen LogP contribution is -2.12. The van der Waals surface area contributed by atoms with Crippen molar-refractivity contribution in [2.24, 2.45) is 0 Å². The van der Waals surface area contributed by atoms with Crippen LogP contribution in [0.15, 0.2) is 57.7 Å². The molecule has 1 atom stereocenters. The summed E-state index contributed by atoms with van der Waals surface area (Å²) in [6.07, 6.45) is -0.561. The van der Waals surface area contributed by atoms with Crippen LogP contribution in [0.5, 0.6) is 5.75 Å². The van der Waals surface area contributed by atoms with Crippen molar-refractivity contribution in [3.05, 3.63) is 64.3 Å². The van der Waals surface area contributed by atoms with Crippen molar-refractivity contribution in [3.8, 4) is 17.1 Å². The van der Waals surface area contributed by atoms with E-state index in [9.17, 15) is 14.7 Å². The normalized spacial score (nSPS) is 12.1. The zero-order valence-electron chi connectivity index (χ0n) is 13.4. The largest absolute Gasteiger partial charge is 0.491 e. The first kappa shape index (κ1) is 16.7. The van der Waals surface area contributed by atoms with Crippen LogP contribution >= 0.6 is 0 Å². The van der Waals surface area contributed by atoms with E-state index < -0.39 is 12.1 Å². The molecular weight excluding hydrogens is 324 g/mol. The molecule has 3 aromatic rings. The highest BCUT2D eigenvalue weighted by Gasteiger charge is 2.10. The molecule has 1 aromatic heterocycles. The van der Waals surface area contributed by atoms with Crippen molar-refractivity contribution in [2.75, 3.05) is 6.61 Å². The van der Waals surface area contributed by atoms with Gasteiger partial charge in [-0.15, -0.1) is 0 Å². The van der Waals surface area contributed by atoms with Gasteiger partial charge in [-0.2, -0.15) is 0 Å². The van der Waals surface area contributed by atoms with E-state index in [0.717, 1.165) is 0 Å². The Labute approximate surface area is 142 Å². The van der Waals surface area contributed by atoms with Gasteiger partial charge in [0, 0.05) is 11.6 Å². The minimum absolute atomic E-state index is 0.0344. The van der Waals surface area contributed by atoms with Gasteiger partial charge in [-0.1, -0.05) is 0 Å². The average Bonchev–Trinajstić information content (AvgIpc) is 2.60. The molecule has 25 heavy (non-hydrogen) atoms. The van der Waals surface area contributed by atoms with Gasteiger partial charge in [0.15, 0.2) is 5.43 Å². The first-order valence-corrected chi connectivity index (χ1v) is 7.66. The van der Waals surface area contributed by atoms with E-state index >= 15 is 0 Å². The summed E-state index contributed by atoms with van der Waals surface area (Å²) in [5, 5.41) is 18.5. The van der Waals surface area contributed by atoms with Crippen molar-refractivity contribution in [1.29, 1.82) is 0 Å². The standard InChI is InChI=1S/C19H16O6/c1-11(20)10-24-14-5-2-12(3-6-14)18-9-16(21)15-8-13(19(22)23)4-7-17(15)25-18/h2-9,11,20H,10H2,1H3,(H,22,23). The molecule has 0 aliphatic rings. The lowest BCUT2D eigenvalue weighted by Gasteiger charge is -2.09. The molecule has 0 fully saturated rings. The highest BCUT2D eigenvalue weighted by atomic mass is 16.5. The summed E-state index contributed by atoms with van der Waals surface area (Å²) < 4.78 is 11.1. The van der Waals surface area contributed by atoms with Crippen molar-refractivity contribution in [3.63, 3.8) is 0 Å². The average molecular weight is 340 g/mol. The number of hydrogen-bond donors (Lipinski definition) is 2. The Bertz CT molecular complexity index is 969. The minimum Gasteiger partial charge on any atom is -0.491 e. The molecule has 6 heteroatoms. The van der Waals surface area contributed by atoms with Crippen LogP contribution in [0.25, 0.3) is 22.3 Å². The number of rotatable bonds is 5. The van der Waals surface area contributed by atoms with Gasteiger partial charge in [0.05, 0.1) is 17.1 Å². The second-order valence-corrected chi connectivity index (χ2v) is 5.68. The first-order valence-electron chi connectivity index (χ1n) is 7.66. The van der Waals surface area contributed by atoms with Crippen LogP contribution in [0.3, 0.4) is 0 Å². The number of aliphatic hydroxyl groups excluding tert-OH is 1. The van der Waals surface area contributed by atoms with Gasteiger partial charge in [0.1, 0.15) is 23.7 Å². The summed E-state index contributed by atoms with van der Waals surface area (Å²) in [6.45, 7) is 1.82. The number of carbonyl (C=O) groups is 1. The van der Waals surface area contributed by atoms with Crippen LogP contribution in [-0.4, -0.2) is 28.9 Å². The Kier molecular flexibility index (Phi) is 4.54. The van der Waals surface area contributed by atoms with E-state index in [4.69, 9.17) is 14.3 Å². The van der Waals surface area contributed by atoms with Gasteiger partial charge >= 0.3 is 5.97 Å². The van der Waals surface area contributed by atoms with Gasteiger partial charge in [-0.25, -0.2) is 4.79 Å². The molecule has 0 saturated heterocycles. The maximum atomic E-state index is 12.3. The molecule has 0 amide bonds. The highest BCUT2D eigenvalue weighted by molar-refractivity contribution is 5.93. The van der Waals surface area contributed by atoms with E-state index in [-0.39, 0.29) is 23.0 Å². The van der Waals surface area contributed by atoms with Gasteiger partial charge in [0.25, 0.3) is 0 Å². The lowest BCUT2D eigenvalue weighted by molar-refractivity contribution is 0.0697. The molecule has 6 nitrogen and oxygen atoms in total. The predicted molar refractivity (Wildman–Crippen MR) is 92.1 cm³/mol. The first-order chi connectivity index (χ1) is 11.9. The molecule has 0 aliphatic heterocycles. The summed E-state index contributed by atoms with van der Waals surface area (Å²) >= 11 is 0. The quantitative estimate of drug-likeness (QED) is 0.741. The topological polar surface area (TPSA) is 97.0 Å². The molecule has 0 saturated carbocycles. The molecule has 0 aliphatic carbocycles. The van der Waals surface area contributed by atoms with Crippen LogP contribution in [0.1, 0.15) is 17.3 Å². The second kappa shape index (κ2) is 6.78. The fourth-order valence-corrected chi connectivity index (χ4v) is 2.36. The molecule has 1 unspecified atom stereocenters. The Hall–Kier alpha value is -3.12. The molecular formula is C19H16O6. The summed E-state index contributed by atoms with van der Waals surface area (Å²) in [4.78, 5) is 23.3. The maximum Gasteiger partial charge on any atom is 0.335 e. The van der Waals surface area contributed by atoms with E-state index in [1.165, 1.54) is 24.3 Å². The molecule has 0 spiro atoms. The Morgan fingerprint density at radius 1 is 1.16 bits per heavy atom. The molecule has 128 valence electrons. The third kappa shape index (κ3) is 3.70. The van der Waals surface area contributed by atoms with Gasteiger partial charge in [-0.05, 0) is 49.4 Å². The van der Waals surface area contributed by atoms with Crippen molar-refractivity contribution in [2.45, 2.75) is 13.0 Å². The zero-order chi connectivity index (χ0) is 18.0. The SMILES string of the molecule is CC(O)COc1ccc(-c2cc(=O)c3cc(C(=O)O)ccc3o2)cc1. The number of hydrogen-bond acceptors (Lipinski definition) is 5. The molecule has 2 aromatic carbocycles. The Morgan fingerprint density at radius 2 is 1.88 bits per heavy atom. The number of fused-ring (bicyclic) bond motifs is 1. The van der Waals surface area contributed by atoms with E-state index in [0.29, 0.717) is 22.7 Å². The van der Waals surface area contributed by atoms with Gasteiger partial charge < -0.3 is 19.4 Å². The fourth-order valence-electron chi connectivity index (χ4n) is 2.36. The fraction of sp³-hybridized carbons (Fsp3) is 0.158. The van der Waals surface area contributed by atoms with Crippen LogP contribution in [-0.2, 0) is 0 Å². The molecule has 0 bridgehead atoms. The monoisotopic (exact) mass is 340 g/mol. The van der Waals surface area contributed by atoms with Crippen LogP contribution < -0.4 is 10.2 Å². The molecule has 1 heterocycles. The minimum atomic E-state index is -1.10. The Balaban J connectivity index is 1.95. The number of aromatic carboxylic acids is 1. The van der Waals surface area contributed by atoms with Crippen LogP contribution in [0, 0.1) is 0 Å². The smallest absolute Gasteiger partial charge is 0.335 e. The van der Waals surface area contributed by atoms with Crippen molar-refractivity contribution >= 4 is 16.9 Å². The molecule has 3 rings (SSSR count). The molecule has 0 radical (unpaired) electrons. The second-order valence-electron chi connectivity index (χ2n) is 5.68. The predicted octanol–water partition coefficient (Wildman–Crippen LogP) is 2.92.